The van der Waals surface area contributed by atoms with Gasteiger partial charge in [0.25, 0.3) is 0 Å². The van der Waals surface area contributed by atoms with E-state index < -0.39 is 0 Å². The van der Waals surface area contributed by atoms with Crippen LogP contribution >= 0.6 is 22.9 Å². The molecule has 13 heavy (non-hydrogen) atoms. The van der Waals surface area contributed by atoms with Crippen molar-refractivity contribution in [2.45, 2.75) is 19.4 Å². The summed E-state index contributed by atoms with van der Waals surface area (Å²) in [7, 11) is 0. The third-order valence-electron chi connectivity index (χ3n) is 1.61. The number of hydrogen-bond donors (Lipinski definition) is 1. The highest BCUT2D eigenvalue weighted by Crippen LogP contribution is 2.05. The summed E-state index contributed by atoms with van der Waals surface area (Å²) in [5.41, 5.74) is 1.16. The highest BCUT2D eigenvalue weighted by Gasteiger charge is 2.00. The molecule has 0 atom stereocenters. The molecule has 0 radical (unpaired) electrons. The van der Waals surface area contributed by atoms with Crippen LogP contribution in [0.25, 0.3) is 0 Å². The van der Waals surface area contributed by atoms with Gasteiger partial charge in [-0.25, -0.2) is 0 Å². The molecule has 0 spiro atoms. The van der Waals surface area contributed by atoms with Crippen molar-refractivity contribution in [3.8, 4) is 0 Å². The largest absolute Gasteiger partial charge is 0.352 e. The third-order valence-corrected chi connectivity index (χ3v) is 2.61. The quantitative estimate of drug-likeness (QED) is 0.754. The second-order valence-corrected chi connectivity index (χ2v) is 3.86. The molecule has 0 unspecified atom stereocenters. The Balaban J connectivity index is 2.15. The molecule has 4 heteroatoms. The van der Waals surface area contributed by atoms with Crippen molar-refractivity contribution >= 4 is 28.8 Å². The number of carbonyl (C=O) groups excluding carboxylic acids is 1. The summed E-state index contributed by atoms with van der Waals surface area (Å²) in [4.78, 5) is 11.1. The maximum atomic E-state index is 11.1. The summed E-state index contributed by atoms with van der Waals surface area (Å²) in [6.45, 7) is 0.630. The number of halogens is 1. The first-order chi connectivity index (χ1) is 6.33. The molecular weight excluding hydrogens is 206 g/mol. The van der Waals surface area contributed by atoms with Crippen LogP contribution in [-0.2, 0) is 11.3 Å². The molecule has 1 rings (SSSR count). The zero-order chi connectivity index (χ0) is 9.52. The molecule has 0 bridgehead atoms. The molecule has 0 saturated heterocycles. The lowest BCUT2D eigenvalue weighted by Gasteiger charge is -2.01. The van der Waals surface area contributed by atoms with Crippen molar-refractivity contribution < 1.29 is 4.79 Å². The molecular formula is C9H12ClNOS. The molecule has 0 fully saturated rings. The molecule has 0 aliphatic rings. The topological polar surface area (TPSA) is 29.1 Å². The van der Waals surface area contributed by atoms with Crippen LogP contribution in [0.2, 0.25) is 0 Å². The fraction of sp³-hybridized carbons (Fsp3) is 0.444. The number of hydrogen-bond acceptors (Lipinski definition) is 2. The first-order valence-corrected chi connectivity index (χ1v) is 5.64. The van der Waals surface area contributed by atoms with Crippen LogP contribution in [0.5, 0.6) is 0 Å². The second-order valence-electron chi connectivity index (χ2n) is 2.70. The predicted molar refractivity (Wildman–Crippen MR) is 56.1 cm³/mol. The Hall–Kier alpha value is -0.540. The van der Waals surface area contributed by atoms with Gasteiger partial charge in [-0.05, 0) is 28.8 Å². The average Bonchev–Trinajstić information content (AvgIpc) is 2.64. The van der Waals surface area contributed by atoms with E-state index in [4.69, 9.17) is 11.6 Å². The molecule has 0 aliphatic heterocycles. The summed E-state index contributed by atoms with van der Waals surface area (Å²) < 4.78 is 0. The van der Waals surface area contributed by atoms with Crippen LogP contribution in [-0.4, -0.2) is 11.8 Å². The van der Waals surface area contributed by atoms with E-state index in [9.17, 15) is 4.79 Å². The van der Waals surface area contributed by atoms with E-state index in [0.717, 1.165) is 12.0 Å². The Labute approximate surface area is 86.9 Å². The molecule has 1 heterocycles. The van der Waals surface area contributed by atoms with Crippen LogP contribution in [0.15, 0.2) is 16.8 Å². The molecule has 1 amide bonds. The van der Waals surface area contributed by atoms with E-state index in [2.05, 4.69) is 5.32 Å². The molecule has 0 aromatic carbocycles. The number of rotatable bonds is 5. The normalized spacial score (nSPS) is 9.92. The minimum atomic E-state index is 0.0758. The van der Waals surface area contributed by atoms with Gasteiger partial charge in [0.15, 0.2) is 0 Å². The molecule has 2 nitrogen and oxygen atoms in total. The maximum Gasteiger partial charge on any atom is 0.220 e. The minimum absolute atomic E-state index is 0.0758. The van der Waals surface area contributed by atoms with Gasteiger partial charge in [-0.15, -0.1) is 11.6 Å². The smallest absolute Gasteiger partial charge is 0.220 e. The monoisotopic (exact) mass is 217 g/mol. The third kappa shape index (κ3) is 4.29. The summed E-state index contributed by atoms with van der Waals surface area (Å²) in [6, 6.07) is 2.01. The highest BCUT2D eigenvalue weighted by atomic mass is 35.5. The molecule has 1 aromatic heterocycles. The van der Waals surface area contributed by atoms with Crippen molar-refractivity contribution in [1.82, 2.24) is 5.32 Å². The Morgan fingerprint density at radius 3 is 3.08 bits per heavy atom. The highest BCUT2D eigenvalue weighted by molar-refractivity contribution is 7.07. The second kappa shape index (κ2) is 6.00. The standard InChI is InChI=1S/C9H12ClNOS/c10-4-1-2-9(12)11-6-8-3-5-13-7-8/h3,5,7H,1-2,4,6H2,(H,11,12). The number of nitrogens with one attached hydrogen (secondary N) is 1. The fourth-order valence-corrected chi connectivity index (χ4v) is 1.71. The first-order valence-electron chi connectivity index (χ1n) is 4.16. The van der Waals surface area contributed by atoms with Gasteiger partial charge in [-0.2, -0.15) is 11.3 Å². The lowest BCUT2D eigenvalue weighted by Crippen LogP contribution is -2.22. The van der Waals surface area contributed by atoms with Crippen molar-refractivity contribution in [2.24, 2.45) is 0 Å². The molecule has 1 aromatic rings. The average molecular weight is 218 g/mol. The van der Waals surface area contributed by atoms with Gasteiger partial charge >= 0.3 is 0 Å². The van der Waals surface area contributed by atoms with Crippen LogP contribution in [0.4, 0.5) is 0 Å². The minimum Gasteiger partial charge on any atom is -0.352 e. The van der Waals surface area contributed by atoms with E-state index >= 15 is 0 Å². The number of carbonyl (C=O) groups is 1. The lowest BCUT2D eigenvalue weighted by molar-refractivity contribution is -0.121. The number of alkyl halides is 1. The number of amides is 1. The summed E-state index contributed by atoms with van der Waals surface area (Å²) >= 11 is 7.10. The van der Waals surface area contributed by atoms with Crippen molar-refractivity contribution in [3.63, 3.8) is 0 Å². The lowest BCUT2D eigenvalue weighted by atomic mass is 10.3. The molecule has 1 N–H and O–H groups in total. The Morgan fingerprint density at radius 1 is 1.62 bits per heavy atom. The Bertz CT molecular complexity index is 248. The molecule has 72 valence electrons. The van der Waals surface area contributed by atoms with Gasteiger partial charge in [0.05, 0.1) is 0 Å². The predicted octanol–water partition coefficient (Wildman–Crippen LogP) is 2.38. The van der Waals surface area contributed by atoms with Crippen molar-refractivity contribution in [2.75, 3.05) is 5.88 Å². The zero-order valence-corrected chi connectivity index (χ0v) is 8.83. The molecule has 0 saturated carbocycles. The van der Waals surface area contributed by atoms with Gasteiger partial charge in [0.1, 0.15) is 0 Å². The van der Waals surface area contributed by atoms with Gasteiger partial charge in [-0.1, -0.05) is 0 Å². The van der Waals surface area contributed by atoms with Gasteiger partial charge < -0.3 is 5.32 Å². The summed E-state index contributed by atoms with van der Waals surface area (Å²) in [5.74, 6) is 0.623. The van der Waals surface area contributed by atoms with E-state index in [1.807, 2.05) is 16.8 Å². The van der Waals surface area contributed by atoms with Crippen LogP contribution in [0.3, 0.4) is 0 Å². The van der Waals surface area contributed by atoms with Crippen LogP contribution in [0, 0.1) is 0 Å². The van der Waals surface area contributed by atoms with E-state index in [1.165, 1.54) is 0 Å². The SMILES string of the molecule is O=C(CCCCl)NCc1ccsc1. The fourth-order valence-electron chi connectivity index (χ4n) is 0.910. The number of thiophene rings is 1. The summed E-state index contributed by atoms with van der Waals surface area (Å²) in [5, 5.41) is 6.86. The van der Waals surface area contributed by atoms with Crippen molar-refractivity contribution in [1.29, 1.82) is 0 Å². The summed E-state index contributed by atoms with van der Waals surface area (Å²) in [6.07, 6.45) is 1.27. The van der Waals surface area contributed by atoms with E-state index in [-0.39, 0.29) is 5.91 Å². The van der Waals surface area contributed by atoms with Gasteiger partial charge in [-0.3, -0.25) is 4.79 Å². The zero-order valence-electron chi connectivity index (χ0n) is 7.25. The maximum absolute atomic E-state index is 11.1. The Morgan fingerprint density at radius 2 is 2.46 bits per heavy atom. The van der Waals surface area contributed by atoms with Gasteiger partial charge in [0.2, 0.25) is 5.91 Å². The van der Waals surface area contributed by atoms with Gasteiger partial charge in [0, 0.05) is 18.8 Å². The molecule has 0 aliphatic carbocycles. The Kier molecular flexibility index (Phi) is 4.86. The van der Waals surface area contributed by atoms with E-state index in [1.54, 1.807) is 11.3 Å². The first kappa shape index (κ1) is 10.5. The van der Waals surface area contributed by atoms with Crippen molar-refractivity contribution in [3.05, 3.63) is 22.4 Å². The van der Waals surface area contributed by atoms with Crippen LogP contribution < -0.4 is 5.32 Å². The van der Waals surface area contributed by atoms with E-state index in [0.29, 0.717) is 18.8 Å². The van der Waals surface area contributed by atoms with Crippen LogP contribution in [0.1, 0.15) is 18.4 Å².